The summed E-state index contributed by atoms with van der Waals surface area (Å²) in [5.41, 5.74) is 1.10. The van der Waals surface area contributed by atoms with Crippen LogP contribution in [0.1, 0.15) is 40.0 Å². The molecule has 1 saturated heterocycles. The van der Waals surface area contributed by atoms with E-state index in [1.54, 1.807) is 14.2 Å². The molecule has 1 saturated carbocycles. The lowest BCUT2D eigenvalue weighted by Crippen LogP contribution is -2.49. The summed E-state index contributed by atoms with van der Waals surface area (Å²) in [4.78, 5) is 4.68. The molecule has 2 fully saturated rings. The first kappa shape index (κ1) is 24.1. The standard InChI is InChI=1S/C25H42N2O4/c1-18(2)22-8-6-19(3)14-24(22)31-17-20(28)16-26-10-12-27(13-11-26)23-9-7-21(29-4)15-25(23)30-5/h7,9,15,18-20,22,24,28H,6,8,10-14,16-17H2,1-5H3. The third-order valence-electron chi connectivity index (χ3n) is 7.03. The molecule has 1 aromatic carbocycles. The maximum absolute atomic E-state index is 10.6. The molecule has 176 valence electrons. The first-order valence-electron chi connectivity index (χ1n) is 11.9. The molecule has 0 spiro atoms. The second kappa shape index (κ2) is 11.4. The van der Waals surface area contributed by atoms with Crippen molar-refractivity contribution in [2.75, 3.05) is 58.5 Å². The molecule has 1 N–H and O–H groups in total. The van der Waals surface area contributed by atoms with Gasteiger partial charge in [0.2, 0.25) is 0 Å². The number of β-amino-alcohol motifs (C(OH)–C–C–N with tert-alkyl or cyclic N) is 1. The first-order chi connectivity index (χ1) is 14.9. The van der Waals surface area contributed by atoms with Crippen LogP contribution in [0.15, 0.2) is 18.2 Å². The SMILES string of the molecule is COc1ccc(N2CCN(CC(O)COC3CC(C)CCC3C(C)C)CC2)c(OC)c1. The van der Waals surface area contributed by atoms with Crippen molar-refractivity contribution in [3.63, 3.8) is 0 Å². The lowest BCUT2D eigenvalue weighted by atomic mass is 9.75. The summed E-state index contributed by atoms with van der Waals surface area (Å²) >= 11 is 0. The number of nitrogens with zero attached hydrogens (tertiary/aromatic N) is 2. The average Bonchev–Trinajstić information content (AvgIpc) is 2.77. The van der Waals surface area contributed by atoms with E-state index in [0.29, 0.717) is 25.0 Å². The molecule has 0 radical (unpaired) electrons. The molecule has 3 rings (SSSR count). The molecule has 2 aliphatic rings. The van der Waals surface area contributed by atoms with Gasteiger partial charge in [0, 0.05) is 38.8 Å². The molecule has 0 aromatic heterocycles. The molecule has 1 aliphatic heterocycles. The number of rotatable bonds is 9. The van der Waals surface area contributed by atoms with Crippen LogP contribution in [-0.2, 0) is 4.74 Å². The van der Waals surface area contributed by atoms with E-state index in [4.69, 9.17) is 14.2 Å². The number of anilines is 1. The van der Waals surface area contributed by atoms with E-state index in [1.165, 1.54) is 12.8 Å². The molecule has 31 heavy (non-hydrogen) atoms. The molecular formula is C25H42N2O4. The van der Waals surface area contributed by atoms with E-state index in [2.05, 4.69) is 36.6 Å². The third kappa shape index (κ3) is 6.50. The molecule has 0 amide bonds. The van der Waals surface area contributed by atoms with Crippen LogP contribution in [0.5, 0.6) is 11.5 Å². The molecule has 0 bridgehead atoms. The van der Waals surface area contributed by atoms with E-state index in [-0.39, 0.29) is 6.10 Å². The van der Waals surface area contributed by atoms with Crippen LogP contribution in [-0.4, -0.2) is 75.8 Å². The predicted octanol–water partition coefficient (Wildman–Crippen LogP) is 3.66. The number of hydrogen-bond donors (Lipinski definition) is 1. The fourth-order valence-corrected chi connectivity index (χ4v) is 5.11. The highest BCUT2D eigenvalue weighted by Crippen LogP contribution is 2.35. The number of methoxy groups -OCH3 is 2. The molecule has 6 nitrogen and oxygen atoms in total. The summed E-state index contributed by atoms with van der Waals surface area (Å²) in [7, 11) is 3.36. The summed E-state index contributed by atoms with van der Waals surface area (Å²) in [5, 5.41) is 10.6. The van der Waals surface area contributed by atoms with Crippen molar-refractivity contribution in [1.29, 1.82) is 0 Å². The van der Waals surface area contributed by atoms with Gasteiger partial charge in [0.05, 0.1) is 38.7 Å². The van der Waals surface area contributed by atoms with Crippen molar-refractivity contribution in [2.24, 2.45) is 17.8 Å². The fraction of sp³-hybridized carbons (Fsp3) is 0.760. The zero-order chi connectivity index (χ0) is 22.4. The zero-order valence-corrected chi connectivity index (χ0v) is 20.0. The van der Waals surface area contributed by atoms with E-state index in [1.807, 2.05) is 12.1 Å². The van der Waals surface area contributed by atoms with Crippen molar-refractivity contribution in [2.45, 2.75) is 52.2 Å². The van der Waals surface area contributed by atoms with Crippen LogP contribution in [0.4, 0.5) is 5.69 Å². The van der Waals surface area contributed by atoms with Gasteiger partial charge in [-0.15, -0.1) is 0 Å². The Labute approximate surface area is 188 Å². The smallest absolute Gasteiger partial charge is 0.145 e. The van der Waals surface area contributed by atoms with Gasteiger partial charge < -0.3 is 24.2 Å². The van der Waals surface area contributed by atoms with Crippen molar-refractivity contribution in [3.8, 4) is 11.5 Å². The molecular weight excluding hydrogens is 392 g/mol. The van der Waals surface area contributed by atoms with Gasteiger partial charge in [-0.25, -0.2) is 0 Å². The first-order valence-corrected chi connectivity index (χ1v) is 11.9. The van der Waals surface area contributed by atoms with Crippen LogP contribution in [0, 0.1) is 17.8 Å². The Balaban J connectivity index is 1.45. The minimum absolute atomic E-state index is 0.290. The monoisotopic (exact) mass is 434 g/mol. The van der Waals surface area contributed by atoms with Crippen molar-refractivity contribution < 1.29 is 19.3 Å². The van der Waals surface area contributed by atoms with Gasteiger partial charge in [0.15, 0.2) is 0 Å². The Hall–Kier alpha value is -1.50. The number of aliphatic hydroxyl groups excluding tert-OH is 1. The summed E-state index contributed by atoms with van der Waals surface area (Å²) in [6.45, 7) is 11.7. The Bertz CT molecular complexity index is 675. The van der Waals surface area contributed by atoms with E-state index < -0.39 is 6.10 Å². The maximum Gasteiger partial charge on any atom is 0.145 e. The lowest BCUT2D eigenvalue weighted by Gasteiger charge is -2.39. The van der Waals surface area contributed by atoms with E-state index >= 15 is 0 Å². The van der Waals surface area contributed by atoms with Crippen LogP contribution in [0.2, 0.25) is 0 Å². The summed E-state index contributed by atoms with van der Waals surface area (Å²) in [5.74, 6) is 3.61. The number of ether oxygens (including phenoxy) is 3. The summed E-state index contributed by atoms with van der Waals surface area (Å²) in [6.07, 6.45) is 3.52. The molecule has 1 aromatic rings. The Morgan fingerprint density at radius 1 is 1.06 bits per heavy atom. The van der Waals surface area contributed by atoms with Crippen LogP contribution in [0.3, 0.4) is 0 Å². The molecule has 1 aliphatic carbocycles. The Kier molecular flexibility index (Phi) is 8.87. The average molecular weight is 435 g/mol. The van der Waals surface area contributed by atoms with Crippen LogP contribution >= 0.6 is 0 Å². The highest BCUT2D eigenvalue weighted by molar-refractivity contribution is 5.61. The van der Waals surface area contributed by atoms with Gasteiger partial charge in [-0.2, -0.15) is 0 Å². The predicted molar refractivity (Wildman–Crippen MR) is 125 cm³/mol. The number of piperazine rings is 1. The van der Waals surface area contributed by atoms with Gasteiger partial charge in [-0.05, 0) is 42.7 Å². The largest absolute Gasteiger partial charge is 0.497 e. The third-order valence-corrected chi connectivity index (χ3v) is 7.03. The second-order valence-corrected chi connectivity index (χ2v) is 9.68. The molecule has 1 heterocycles. The van der Waals surface area contributed by atoms with Crippen molar-refractivity contribution >= 4 is 5.69 Å². The molecule has 4 unspecified atom stereocenters. The topological polar surface area (TPSA) is 54.4 Å². The van der Waals surface area contributed by atoms with Gasteiger partial charge >= 0.3 is 0 Å². The van der Waals surface area contributed by atoms with Gasteiger partial charge in [0.25, 0.3) is 0 Å². The van der Waals surface area contributed by atoms with Gasteiger partial charge in [-0.1, -0.05) is 27.2 Å². The van der Waals surface area contributed by atoms with E-state index in [0.717, 1.165) is 55.7 Å². The highest BCUT2D eigenvalue weighted by Gasteiger charge is 2.32. The van der Waals surface area contributed by atoms with Crippen LogP contribution in [0.25, 0.3) is 0 Å². The number of aliphatic hydroxyl groups is 1. The fourth-order valence-electron chi connectivity index (χ4n) is 5.11. The molecule has 6 heteroatoms. The lowest BCUT2D eigenvalue weighted by molar-refractivity contribution is -0.0740. The maximum atomic E-state index is 10.6. The summed E-state index contributed by atoms with van der Waals surface area (Å²) < 4.78 is 17.1. The molecule has 4 atom stereocenters. The Morgan fingerprint density at radius 3 is 2.45 bits per heavy atom. The highest BCUT2D eigenvalue weighted by atomic mass is 16.5. The van der Waals surface area contributed by atoms with E-state index in [9.17, 15) is 5.11 Å². The van der Waals surface area contributed by atoms with Crippen molar-refractivity contribution in [3.05, 3.63) is 18.2 Å². The quantitative estimate of drug-likeness (QED) is 0.640. The van der Waals surface area contributed by atoms with Gasteiger partial charge in [-0.3, -0.25) is 4.90 Å². The normalized spacial score (nSPS) is 26.2. The minimum atomic E-state index is -0.438. The van der Waals surface area contributed by atoms with Crippen LogP contribution < -0.4 is 14.4 Å². The zero-order valence-electron chi connectivity index (χ0n) is 20.0. The Morgan fingerprint density at radius 2 is 1.81 bits per heavy atom. The number of benzene rings is 1. The van der Waals surface area contributed by atoms with Crippen molar-refractivity contribution in [1.82, 2.24) is 4.90 Å². The summed E-state index contributed by atoms with van der Waals surface area (Å²) in [6, 6.07) is 5.97. The minimum Gasteiger partial charge on any atom is -0.497 e. The number of hydrogen-bond acceptors (Lipinski definition) is 6. The second-order valence-electron chi connectivity index (χ2n) is 9.68. The van der Waals surface area contributed by atoms with Gasteiger partial charge in [0.1, 0.15) is 11.5 Å².